The number of thiazole rings is 1. The summed E-state index contributed by atoms with van der Waals surface area (Å²) in [6, 6.07) is 6.43. The van der Waals surface area contributed by atoms with Gasteiger partial charge in [0.25, 0.3) is 0 Å². The topological polar surface area (TPSA) is 42.0 Å². The Morgan fingerprint density at radius 1 is 1.29 bits per heavy atom. The first-order valence-corrected chi connectivity index (χ1v) is 7.98. The van der Waals surface area contributed by atoms with Crippen LogP contribution in [0.3, 0.4) is 0 Å². The molecule has 1 aromatic heterocycles. The molecular formula is C16H19FN2OS. The van der Waals surface area contributed by atoms with E-state index in [0.29, 0.717) is 18.0 Å². The predicted octanol–water partition coefficient (Wildman–Crippen LogP) is 4.39. The average Bonchev–Trinajstić information content (AvgIpc) is 2.89. The second kappa shape index (κ2) is 7.88. The number of anilines is 1. The first-order valence-electron chi connectivity index (χ1n) is 7.16. The lowest BCUT2D eigenvalue weighted by Crippen LogP contribution is -2.10. The molecule has 0 saturated heterocycles. The van der Waals surface area contributed by atoms with E-state index in [9.17, 15) is 9.18 Å². The number of nitrogens with zero attached hydrogens (tertiary/aromatic N) is 1. The lowest BCUT2D eigenvalue weighted by molar-refractivity contribution is -0.116. The molecule has 0 aliphatic heterocycles. The Morgan fingerprint density at radius 2 is 2.05 bits per heavy atom. The van der Waals surface area contributed by atoms with Gasteiger partial charge < -0.3 is 5.32 Å². The number of rotatable bonds is 7. The van der Waals surface area contributed by atoms with E-state index >= 15 is 0 Å². The van der Waals surface area contributed by atoms with Crippen LogP contribution in [0.15, 0.2) is 30.5 Å². The Hall–Kier alpha value is -1.75. The van der Waals surface area contributed by atoms with Gasteiger partial charge in [-0.3, -0.25) is 4.79 Å². The highest BCUT2D eigenvalue weighted by Crippen LogP contribution is 2.21. The minimum atomic E-state index is -0.233. The minimum Gasteiger partial charge on any atom is -0.302 e. The highest BCUT2D eigenvalue weighted by molar-refractivity contribution is 7.15. The quantitative estimate of drug-likeness (QED) is 0.771. The van der Waals surface area contributed by atoms with Crippen LogP contribution >= 0.6 is 11.3 Å². The molecule has 1 N–H and O–H groups in total. The second-order valence-electron chi connectivity index (χ2n) is 4.94. The van der Waals surface area contributed by atoms with E-state index in [4.69, 9.17) is 0 Å². The van der Waals surface area contributed by atoms with E-state index in [1.165, 1.54) is 23.5 Å². The lowest BCUT2D eigenvalue weighted by atomic mass is 10.1. The van der Waals surface area contributed by atoms with Crippen LogP contribution in [-0.4, -0.2) is 10.9 Å². The van der Waals surface area contributed by atoms with E-state index in [-0.39, 0.29) is 11.7 Å². The van der Waals surface area contributed by atoms with Gasteiger partial charge in [0.05, 0.1) is 0 Å². The molecule has 0 bridgehead atoms. The summed E-state index contributed by atoms with van der Waals surface area (Å²) >= 11 is 1.46. The van der Waals surface area contributed by atoms with E-state index in [0.717, 1.165) is 29.7 Å². The molecule has 1 amide bonds. The van der Waals surface area contributed by atoms with E-state index in [1.807, 2.05) is 0 Å². The maximum atomic E-state index is 12.8. The van der Waals surface area contributed by atoms with Crippen molar-refractivity contribution in [2.75, 3.05) is 5.32 Å². The number of carbonyl (C=O) groups is 1. The van der Waals surface area contributed by atoms with Crippen LogP contribution in [0.1, 0.15) is 43.0 Å². The standard InChI is InChI=1S/C16H19FN2OS/c1-2-3-4-5-15(20)19-16-18-11-14(21-16)10-12-6-8-13(17)9-7-12/h6-9,11H,2-5,10H2,1H3,(H,18,19,20). The Labute approximate surface area is 128 Å². The number of hydrogen-bond acceptors (Lipinski definition) is 3. The van der Waals surface area contributed by atoms with Crippen molar-refractivity contribution in [2.24, 2.45) is 0 Å². The fraction of sp³-hybridized carbons (Fsp3) is 0.375. The summed E-state index contributed by atoms with van der Waals surface area (Å²) in [6.07, 6.45) is 6.09. The summed E-state index contributed by atoms with van der Waals surface area (Å²) in [6.45, 7) is 2.11. The number of amides is 1. The third-order valence-electron chi connectivity index (χ3n) is 3.10. The van der Waals surface area contributed by atoms with Crippen LogP contribution in [0.4, 0.5) is 9.52 Å². The predicted molar refractivity (Wildman–Crippen MR) is 84.1 cm³/mol. The lowest BCUT2D eigenvalue weighted by Gasteiger charge is -2.00. The van der Waals surface area contributed by atoms with Gasteiger partial charge in [-0.25, -0.2) is 9.37 Å². The van der Waals surface area contributed by atoms with Crippen LogP contribution in [0.5, 0.6) is 0 Å². The highest BCUT2D eigenvalue weighted by Gasteiger charge is 2.07. The summed E-state index contributed by atoms with van der Waals surface area (Å²) in [7, 11) is 0. The van der Waals surface area contributed by atoms with Crippen LogP contribution in [-0.2, 0) is 11.2 Å². The van der Waals surface area contributed by atoms with Crippen molar-refractivity contribution >= 4 is 22.4 Å². The second-order valence-corrected chi connectivity index (χ2v) is 6.06. The normalized spacial score (nSPS) is 10.6. The van der Waals surface area contributed by atoms with Crippen molar-refractivity contribution in [3.05, 3.63) is 46.7 Å². The molecule has 0 spiro atoms. The van der Waals surface area contributed by atoms with Crippen LogP contribution in [0.25, 0.3) is 0 Å². The third-order valence-corrected chi connectivity index (χ3v) is 4.01. The van der Waals surface area contributed by atoms with Gasteiger partial charge >= 0.3 is 0 Å². The van der Waals surface area contributed by atoms with Crippen LogP contribution in [0, 0.1) is 5.82 Å². The summed E-state index contributed by atoms with van der Waals surface area (Å²) in [4.78, 5) is 17.0. The van der Waals surface area contributed by atoms with Crippen molar-refractivity contribution in [1.29, 1.82) is 0 Å². The molecule has 112 valence electrons. The van der Waals surface area contributed by atoms with Crippen LogP contribution < -0.4 is 5.32 Å². The molecule has 3 nitrogen and oxygen atoms in total. The molecule has 0 aliphatic carbocycles. The molecule has 21 heavy (non-hydrogen) atoms. The maximum absolute atomic E-state index is 12.8. The summed E-state index contributed by atoms with van der Waals surface area (Å²) in [5, 5.41) is 3.46. The van der Waals surface area contributed by atoms with Gasteiger partial charge in [-0.05, 0) is 24.1 Å². The fourth-order valence-electron chi connectivity index (χ4n) is 1.97. The van der Waals surface area contributed by atoms with E-state index in [1.54, 1.807) is 18.3 Å². The SMILES string of the molecule is CCCCCC(=O)Nc1ncc(Cc2ccc(F)cc2)s1. The van der Waals surface area contributed by atoms with Gasteiger partial charge in [0, 0.05) is 23.9 Å². The van der Waals surface area contributed by atoms with Crippen molar-refractivity contribution in [3.63, 3.8) is 0 Å². The largest absolute Gasteiger partial charge is 0.302 e. The Bertz CT molecular complexity index is 580. The number of carbonyl (C=O) groups excluding carboxylic acids is 1. The first kappa shape index (κ1) is 15.6. The van der Waals surface area contributed by atoms with Crippen molar-refractivity contribution in [2.45, 2.75) is 39.0 Å². The van der Waals surface area contributed by atoms with Crippen molar-refractivity contribution in [1.82, 2.24) is 4.98 Å². The number of hydrogen-bond donors (Lipinski definition) is 1. The molecule has 0 fully saturated rings. The molecule has 0 saturated carbocycles. The van der Waals surface area contributed by atoms with Gasteiger partial charge in [0.2, 0.25) is 5.91 Å². The highest BCUT2D eigenvalue weighted by atomic mass is 32.1. The smallest absolute Gasteiger partial charge is 0.226 e. The maximum Gasteiger partial charge on any atom is 0.226 e. The molecule has 0 atom stereocenters. The van der Waals surface area contributed by atoms with Gasteiger partial charge in [-0.1, -0.05) is 31.9 Å². The average molecular weight is 306 g/mol. The fourth-order valence-corrected chi connectivity index (χ4v) is 2.83. The third kappa shape index (κ3) is 5.27. The molecule has 0 aliphatic rings. The van der Waals surface area contributed by atoms with E-state index < -0.39 is 0 Å². The van der Waals surface area contributed by atoms with Gasteiger partial charge in [-0.2, -0.15) is 0 Å². The molecular weight excluding hydrogens is 287 g/mol. The molecule has 1 aromatic carbocycles. The zero-order valence-electron chi connectivity index (χ0n) is 12.1. The van der Waals surface area contributed by atoms with E-state index in [2.05, 4.69) is 17.2 Å². The Morgan fingerprint density at radius 3 is 2.76 bits per heavy atom. The molecule has 0 unspecified atom stereocenters. The number of aromatic nitrogens is 1. The van der Waals surface area contributed by atoms with Crippen molar-refractivity contribution in [3.8, 4) is 0 Å². The van der Waals surface area contributed by atoms with Crippen molar-refractivity contribution < 1.29 is 9.18 Å². The molecule has 1 heterocycles. The summed E-state index contributed by atoms with van der Waals surface area (Å²) in [5.74, 6) is -0.214. The number of unbranched alkanes of at least 4 members (excludes halogenated alkanes) is 2. The zero-order chi connectivity index (χ0) is 15.1. The summed E-state index contributed by atoms with van der Waals surface area (Å²) < 4.78 is 12.8. The van der Waals surface area contributed by atoms with Gasteiger partial charge in [0.15, 0.2) is 5.13 Å². The monoisotopic (exact) mass is 306 g/mol. The van der Waals surface area contributed by atoms with Gasteiger partial charge in [-0.15, -0.1) is 11.3 Å². The molecule has 0 radical (unpaired) electrons. The minimum absolute atomic E-state index is 0.0196. The molecule has 2 aromatic rings. The first-order chi connectivity index (χ1) is 10.2. The number of benzene rings is 1. The molecule has 5 heteroatoms. The van der Waals surface area contributed by atoms with Gasteiger partial charge in [0.1, 0.15) is 5.82 Å². The molecule has 2 rings (SSSR count). The van der Waals surface area contributed by atoms with Crippen LogP contribution in [0.2, 0.25) is 0 Å². The number of nitrogens with one attached hydrogen (secondary N) is 1. The number of halogens is 1. The zero-order valence-corrected chi connectivity index (χ0v) is 12.9. The summed E-state index contributed by atoms with van der Waals surface area (Å²) in [5.41, 5.74) is 1.03. The Kier molecular flexibility index (Phi) is 5.87. The Balaban J connectivity index is 1.86.